The van der Waals surface area contributed by atoms with Gasteiger partial charge in [-0.3, -0.25) is 9.59 Å². The van der Waals surface area contributed by atoms with Crippen molar-refractivity contribution in [2.45, 2.75) is 38.6 Å². The standard InChI is InChI=1S/C24H25NO4/c1-3-4-5-8-15-28-17-13-11-16(12-14-17)21-20-22(26)18-9-6-7-10-19(18)29-23(20)24(27)25(21)2/h6-7,9-14,21H,3-5,8,15H2,1-2H3. The fourth-order valence-electron chi connectivity index (χ4n) is 3.89. The van der Waals surface area contributed by atoms with Gasteiger partial charge >= 0.3 is 0 Å². The number of hydrogen-bond donors (Lipinski definition) is 0. The molecule has 4 rings (SSSR count). The molecule has 1 aromatic heterocycles. The third-order valence-electron chi connectivity index (χ3n) is 5.47. The van der Waals surface area contributed by atoms with Crippen molar-refractivity contribution in [2.75, 3.05) is 13.7 Å². The van der Waals surface area contributed by atoms with Crippen LogP contribution in [0.2, 0.25) is 0 Å². The van der Waals surface area contributed by atoms with Crippen LogP contribution in [0.5, 0.6) is 5.75 Å². The molecule has 1 aliphatic heterocycles. The van der Waals surface area contributed by atoms with Gasteiger partial charge in [0.1, 0.15) is 11.3 Å². The Bertz CT molecular complexity index is 1080. The summed E-state index contributed by atoms with van der Waals surface area (Å²) in [6, 6.07) is 14.2. The summed E-state index contributed by atoms with van der Waals surface area (Å²) in [5.74, 6) is 0.657. The first-order valence-electron chi connectivity index (χ1n) is 10.2. The molecule has 0 fully saturated rings. The van der Waals surface area contributed by atoms with Crippen LogP contribution in [-0.4, -0.2) is 24.5 Å². The minimum atomic E-state index is -0.461. The summed E-state index contributed by atoms with van der Waals surface area (Å²) in [5, 5.41) is 0.492. The predicted octanol–water partition coefficient (Wildman–Crippen LogP) is 4.93. The molecule has 0 bridgehead atoms. The number of benzene rings is 2. The lowest BCUT2D eigenvalue weighted by atomic mass is 9.99. The van der Waals surface area contributed by atoms with Crippen molar-refractivity contribution in [3.8, 4) is 5.75 Å². The van der Waals surface area contributed by atoms with Crippen LogP contribution in [0.1, 0.15) is 60.3 Å². The van der Waals surface area contributed by atoms with Gasteiger partial charge in [0.15, 0.2) is 5.43 Å². The number of ether oxygens (including phenoxy) is 1. The second kappa shape index (κ2) is 8.11. The maximum Gasteiger partial charge on any atom is 0.290 e. The van der Waals surface area contributed by atoms with E-state index in [2.05, 4.69) is 6.92 Å². The molecule has 0 saturated heterocycles. The van der Waals surface area contributed by atoms with Crippen LogP contribution in [0.3, 0.4) is 0 Å². The minimum absolute atomic E-state index is 0.137. The van der Waals surface area contributed by atoms with Crippen molar-refractivity contribution in [3.05, 3.63) is 75.6 Å². The largest absolute Gasteiger partial charge is 0.494 e. The molecule has 0 saturated carbocycles. The number of nitrogens with zero attached hydrogens (tertiary/aromatic N) is 1. The molecule has 1 unspecified atom stereocenters. The fraction of sp³-hybridized carbons (Fsp3) is 0.333. The molecule has 0 aliphatic carbocycles. The summed E-state index contributed by atoms with van der Waals surface area (Å²) in [6.45, 7) is 2.88. The maximum atomic E-state index is 13.1. The first-order valence-corrected chi connectivity index (χ1v) is 10.2. The van der Waals surface area contributed by atoms with E-state index in [1.54, 1.807) is 36.2 Å². The minimum Gasteiger partial charge on any atom is -0.494 e. The first-order chi connectivity index (χ1) is 14.1. The smallest absolute Gasteiger partial charge is 0.290 e. The van der Waals surface area contributed by atoms with Gasteiger partial charge in [-0.15, -0.1) is 0 Å². The molecular weight excluding hydrogens is 366 g/mol. The van der Waals surface area contributed by atoms with Gasteiger partial charge in [-0.25, -0.2) is 0 Å². The molecule has 5 heteroatoms. The zero-order chi connectivity index (χ0) is 20.4. The molecule has 0 spiro atoms. The Morgan fingerprint density at radius 3 is 2.52 bits per heavy atom. The normalized spacial score (nSPS) is 15.7. The highest BCUT2D eigenvalue weighted by Gasteiger charge is 2.40. The zero-order valence-corrected chi connectivity index (χ0v) is 16.8. The van der Waals surface area contributed by atoms with Crippen LogP contribution in [0.15, 0.2) is 57.7 Å². The van der Waals surface area contributed by atoms with E-state index in [1.807, 2.05) is 24.3 Å². The van der Waals surface area contributed by atoms with E-state index in [0.29, 0.717) is 23.1 Å². The Hall–Kier alpha value is -3.08. The van der Waals surface area contributed by atoms with E-state index < -0.39 is 6.04 Å². The predicted molar refractivity (Wildman–Crippen MR) is 112 cm³/mol. The molecule has 0 radical (unpaired) electrons. The lowest BCUT2D eigenvalue weighted by molar-refractivity contribution is 0.0771. The summed E-state index contributed by atoms with van der Waals surface area (Å²) in [5.41, 5.74) is 1.55. The zero-order valence-electron chi connectivity index (χ0n) is 16.8. The SMILES string of the molecule is CCCCCCOc1ccc(C2c3c(oc4ccccc4c3=O)C(=O)N2C)cc1. The van der Waals surface area contributed by atoms with E-state index in [4.69, 9.17) is 9.15 Å². The summed E-state index contributed by atoms with van der Waals surface area (Å²) in [7, 11) is 1.70. The van der Waals surface area contributed by atoms with Gasteiger partial charge in [0.2, 0.25) is 5.76 Å². The van der Waals surface area contributed by atoms with Gasteiger partial charge in [0, 0.05) is 7.05 Å². The van der Waals surface area contributed by atoms with E-state index in [9.17, 15) is 9.59 Å². The topological polar surface area (TPSA) is 59.8 Å². The molecular formula is C24H25NO4. The second-order valence-electron chi connectivity index (χ2n) is 7.47. The van der Waals surface area contributed by atoms with Crippen molar-refractivity contribution in [2.24, 2.45) is 0 Å². The van der Waals surface area contributed by atoms with Crippen molar-refractivity contribution >= 4 is 16.9 Å². The number of carbonyl (C=O) groups excluding carboxylic acids is 1. The van der Waals surface area contributed by atoms with Gasteiger partial charge in [-0.05, 0) is 36.2 Å². The number of unbranched alkanes of at least 4 members (excludes halogenated alkanes) is 3. The van der Waals surface area contributed by atoms with E-state index in [-0.39, 0.29) is 17.1 Å². The lowest BCUT2D eigenvalue weighted by Gasteiger charge is -2.20. The molecule has 5 nitrogen and oxygen atoms in total. The highest BCUT2D eigenvalue weighted by Crippen LogP contribution is 2.37. The first kappa shape index (κ1) is 19.2. The van der Waals surface area contributed by atoms with Gasteiger partial charge in [0.25, 0.3) is 5.91 Å². The van der Waals surface area contributed by atoms with Crippen molar-refractivity contribution in [3.63, 3.8) is 0 Å². The van der Waals surface area contributed by atoms with Gasteiger partial charge in [0.05, 0.1) is 23.6 Å². The summed E-state index contributed by atoms with van der Waals surface area (Å²) >= 11 is 0. The van der Waals surface area contributed by atoms with Crippen LogP contribution in [-0.2, 0) is 0 Å². The van der Waals surface area contributed by atoms with Crippen LogP contribution in [0, 0.1) is 0 Å². The van der Waals surface area contributed by atoms with E-state index in [1.165, 1.54) is 19.3 Å². The third-order valence-corrected chi connectivity index (χ3v) is 5.47. The third kappa shape index (κ3) is 3.53. The Balaban J connectivity index is 1.62. The molecule has 1 aliphatic rings. The summed E-state index contributed by atoms with van der Waals surface area (Å²) < 4.78 is 11.6. The Labute approximate surface area is 169 Å². The highest BCUT2D eigenvalue weighted by molar-refractivity contribution is 5.98. The number of rotatable bonds is 7. The van der Waals surface area contributed by atoms with Crippen LogP contribution in [0.25, 0.3) is 11.0 Å². The molecule has 150 valence electrons. The Morgan fingerprint density at radius 1 is 1.00 bits per heavy atom. The number of amides is 1. The second-order valence-corrected chi connectivity index (χ2v) is 7.47. The van der Waals surface area contributed by atoms with Crippen molar-refractivity contribution in [1.82, 2.24) is 4.90 Å². The van der Waals surface area contributed by atoms with Crippen LogP contribution >= 0.6 is 0 Å². The maximum absolute atomic E-state index is 13.1. The molecule has 29 heavy (non-hydrogen) atoms. The molecule has 1 amide bonds. The number of fused-ring (bicyclic) bond motifs is 2. The monoisotopic (exact) mass is 391 g/mol. The Morgan fingerprint density at radius 2 is 1.76 bits per heavy atom. The molecule has 2 aromatic carbocycles. The number of para-hydroxylation sites is 1. The van der Waals surface area contributed by atoms with E-state index >= 15 is 0 Å². The van der Waals surface area contributed by atoms with Gasteiger partial charge in [-0.1, -0.05) is 50.5 Å². The highest BCUT2D eigenvalue weighted by atomic mass is 16.5. The van der Waals surface area contributed by atoms with Crippen molar-refractivity contribution < 1.29 is 13.9 Å². The average molecular weight is 391 g/mol. The van der Waals surface area contributed by atoms with E-state index in [0.717, 1.165) is 17.7 Å². The molecule has 3 aromatic rings. The lowest BCUT2D eigenvalue weighted by Crippen LogP contribution is -2.25. The average Bonchev–Trinajstić information content (AvgIpc) is 3.00. The summed E-state index contributed by atoms with van der Waals surface area (Å²) in [4.78, 5) is 27.4. The number of carbonyl (C=O) groups is 1. The Kier molecular flexibility index (Phi) is 5.38. The van der Waals surface area contributed by atoms with Crippen LogP contribution in [0.4, 0.5) is 0 Å². The van der Waals surface area contributed by atoms with Crippen molar-refractivity contribution in [1.29, 1.82) is 0 Å². The molecule has 0 N–H and O–H groups in total. The molecule has 2 heterocycles. The molecule has 1 atom stereocenters. The van der Waals surface area contributed by atoms with Gasteiger partial charge in [-0.2, -0.15) is 0 Å². The van der Waals surface area contributed by atoms with Gasteiger partial charge < -0.3 is 14.1 Å². The number of hydrogen-bond acceptors (Lipinski definition) is 4. The van der Waals surface area contributed by atoms with Crippen LogP contribution < -0.4 is 10.2 Å². The fourth-order valence-corrected chi connectivity index (χ4v) is 3.89. The summed E-state index contributed by atoms with van der Waals surface area (Å²) in [6.07, 6.45) is 4.63. The quantitative estimate of drug-likeness (QED) is 0.536.